The van der Waals surface area contributed by atoms with Gasteiger partial charge in [0.05, 0.1) is 19.6 Å². The van der Waals surface area contributed by atoms with Gasteiger partial charge in [-0.3, -0.25) is 4.79 Å². The summed E-state index contributed by atoms with van der Waals surface area (Å²) in [6.07, 6.45) is 0.948. The third-order valence-electron chi connectivity index (χ3n) is 2.79. The van der Waals surface area contributed by atoms with Gasteiger partial charge in [0.1, 0.15) is 0 Å². The van der Waals surface area contributed by atoms with Crippen LogP contribution in [0.2, 0.25) is 0 Å². The first-order valence-electron chi connectivity index (χ1n) is 6.14. The molecule has 1 aromatic carbocycles. The van der Waals surface area contributed by atoms with Crippen molar-refractivity contribution in [1.29, 1.82) is 0 Å². The van der Waals surface area contributed by atoms with Crippen LogP contribution in [0.3, 0.4) is 0 Å². The van der Waals surface area contributed by atoms with Crippen molar-refractivity contribution in [3.63, 3.8) is 0 Å². The molecule has 2 aromatic rings. The van der Waals surface area contributed by atoms with Gasteiger partial charge in [0.15, 0.2) is 0 Å². The fraction of sp³-hybridized carbons (Fsp3) is 0.267. The first kappa shape index (κ1) is 13.8. The van der Waals surface area contributed by atoms with Crippen LogP contribution in [0.4, 0.5) is 0 Å². The number of hydrogen-bond acceptors (Lipinski definition) is 3. The van der Waals surface area contributed by atoms with Gasteiger partial charge in [-0.15, -0.1) is 11.3 Å². The summed E-state index contributed by atoms with van der Waals surface area (Å²) < 4.78 is 5.63. The Labute approximate surface area is 116 Å². The Morgan fingerprint density at radius 2 is 1.95 bits per heavy atom. The van der Waals surface area contributed by atoms with Crippen LogP contribution in [0.1, 0.15) is 16.0 Å². The van der Waals surface area contributed by atoms with Crippen molar-refractivity contribution >= 4 is 17.3 Å². The van der Waals surface area contributed by atoms with Crippen LogP contribution in [-0.2, 0) is 29.0 Å². The highest BCUT2D eigenvalue weighted by Gasteiger charge is 2.06. The highest BCUT2D eigenvalue weighted by molar-refractivity contribution is 7.09. The van der Waals surface area contributed by atoms with Crippen LogP contribution in [0, 0.1) is 0 Å². The number of carboxylic acid groups (broad SMARTS) is 1. The Balaban J connectivity index is 1.83. The van der Waals surface area contributed by atoms with Crippen molar-refractivity contribution in [1.82, 2.24) is 0 Å². The van der Waals surface area contributed by atoms with Gasteiger partial charge in [0, 0.05) is 11.3 Å². The zero-order valence-corrected chi connectivity index (χ0v) is 11.4. The van der Waals surface area contributed by atoms with Crippen molar-refractivity contribution in [3.05, 3.63) is 57.8 Å². The molecule has 100 valence electrons. The number of aliphatic carboxylic acids is 1. The van der Waals surface area contributed by atoms with Gasteiger partial charge >= 0.3 is 5.97 Å². The van der Waals surface area contributed by atoms with Crippen LogP contribution in [0.25, 0.3) is 0 Å². The second-order valence-corrected chi connectivity index (χ2v) is 5.25. The van der Waals surface area contributed by atoms with Crippen molar-refractivity contribution in [2.45, 2.75) is 19.4 Å². The summed E-state index contributed by atoms with van der Waals surface area (Å²) in [4.78, 5) is 12.1. The van der Waals surface area contributed by atoms with Gasteiger partial charge < -0.3 is 9.84 Å². The van der Waals surface area contributed by atoms with Crippen molar-refractivity contribution in [2.75, 3.05) is 6.61 Å². The maximum absolute atomic E-state index is 10.8. The molecule has 1 aromatic heterocycles. The lowest BCUT2D eigenvalue weighted by Crippen LogP contribution is -2.05. The molecule has 0 aliphatic heterocycles. The fourth-order valence-electron chi connectivity index (χ4n) is 1.84. The number of ether oxygens (including phenoxy) is 1. The topological polar surface area (TPSA) is 46.5 Å². The number of rotatable bonds is 7. The number of benzene rings is 1. The number of carbonyl (C=O) groups is 1. The van der Waals surface area contributed by atoms with E-state index in [1.807, 2.05) is 30.3 Å². The quantitative estimate of drug-likeness (QED) is 0.790. The van der Waals surface area contributed by atoms with E-state index in [-0.39, 0.29) is 6.42 Å². The standard InChI is InChI=1S/C15H16O3S/c16-15(17)10-12-4-1-2-5-13(12)11-18-8-7-14-6-3-9-19-14/h1-6,9H,7-8,10-11H2,(H,16,17). The van der Waals surface area contributed by atoms with Gasteiger partial charge in [-0.25, -0.2) is 0 Å². The minimum absolute atomic E-state index is 0.0461. The molecule has 1 heterocycles. The third kappa shape index (κ3) is 4.50. The van der Waals surface area contributed by atoms with E-state index in [1.165, 1.54) is 4.88 Å². The normalized spacial score (nSPS) is 10.5. The zero-order chi connectivity index (χ0) is 13.5. The Morgan fingerprint density at radius 1 is 1.16 bits per heavy atom. The Hall–Kier alpha value is -1.65. The van der Waals surface area contributed by atoms with Gasteiger partial charge in [0.2, 0.25) is 0 Å². The molecule has 0 aliphatic carbocycles. The maximum atomic E-state index is 10.8. The molecule has 0 bridgehead atoms. The van der Waals surface area contributed by atoms with Crippen LogP contribution in [-0.4, -0.2) is 17.7 Å². The second-order valence-electron chi connectivity index (χ2n) is 4.22. The summed E-state index contributed by atoms with van der Waals surface area (Å²) in [5.41, 5.74) is 1.78. The van der Waals surface area contributed by atoms with Crippen LogP contribution in [0.15, 0.2) is 41.8 Å². The van der Waals surface area contributed by atoms with Crippen LogP contribution in [0.5, 0.6) is 0 Å². The lowest BCUT2D eigenvalue weighted by Gasteiger charge is -2.08. The van der Waals surface area contributed by atoms with E-state index in [0.29, 0.717) is 13.2 Å². The van der Waals surface area contributed by atoms with E-state index in [2.05, 4.69) is 11.4 Å². The molecule has 0 radical (unpaired) electrons. The van der Waals surface area contributed by atoms with E-state index < -0.39 is 5.97 Å². The van der Waals surface area contributed by atoms with Crippen LogP contribution < -0.4 is 0 Å². The molecule has 0 atom stereocenters. The van der Waals surface area contributed by atoms with E-state index in [4.69, 9.17) is 9.84 Å². The summed E-state index contributed by atoms with van der Waals surface area (Å²) in [6, 6.07) is 11.6. The highest BCUT2D eigenvalue weighted by Crippen LogP contribution is 2.13. The average molecular weight is 276 g/mol. The number of carboxylic acids is 1. The second kappa shape index (κ2) is 7.07. The summed E-state index contributed by atoms with van der Waals surface area (Å²) in [5, 5.41) is 10.9. The SMILES string of the molecule is O=C(O)Cc1ccccc1COCCc1cccs1. The molecule has 3 nitrogen and oxygen atoms in total. The molecule has 2 rings (SSSR count). The largest absolute Gasteiger partial charge is 0.481 e. The van der Waals surface area contributed by atoms with E-state index >= 15 is 0 Å². The zero-order valence-electron chi connectivity index (χ0n) is 10.5. The molecule has 0 spiro atoms. The number of hydrogen-bond donors (Lipinski definition) is 1. The monoisotopic (exact) mass is 276 g/mol. The van der Waals surface area contributed by atoms with Gasteiger partial charge in [-0.1, -0.05) is 30.3 Å². The molecule has 0 unspecified atom stereocenters. The lowest BCUT2D eigenvalue weighted by atomic mass is 10.1. The molecule has 0 fully saturated rings. The Bertz CT molecular complexity index is 520. The van der Waals surface area contributed by atoms with Gasteiger partial charge in [0.25, 0.3) is 0 Å². The predicted octanol–water partition coefficient (Wildman–Crippen LogP) is 3.13. The van der Waals surface area contributed by atoms with Gasteiger partial charge in [-0.2, -0.15) is 0 Å². The smallest absolute Gasteiger partial charge is 0.307 e. The molecule has 19 heavy (non-hydrogen) atoms. The first-order chi connectivity index (χ1) is 9.25. The molecule has 0 aliphatic rings. The van der Waals surface area contributed by atoms with Crippen molar-refractivity contribution in [3.8, 4) is 0 Å². The molecule has 4 heteroatoms. The molecule has 0 saturated carbocycles. The fourth-order valence-corrected chi connectivity index (χ4v) is 2.53. The third-order valence-corrected chi connectivity index (χ3v) is 3.73. The first-order valence-corrected chi connectivity index (χ1v) is 7.02. The predicted molar refractivity (Wildman–Crippen MR) is 75.5 cm³/mol. The van der Waals surface area contributed by atoms with E-state index in [9.17, 15) is 4.79 Å². The minimum atomic E-state index is -0.814. The van der Waals surface area contributed by atoms with Crippen molar-refractivity contribution in [2.24, 2.45) is 0 Å². The minimum Gasteiger partial charge on any atom is -0.481 e. The summed E-state index contributed by atoms with van der Waals surface area (Å²) in [7, 11) is 0. The van der Waals surface area contributed by atoms with E-state index in [1.54, 1.807) is 11.3 Å². The summed E-state index contributed by atoms with van der Waals surface area (Å²) in [5.74, 6) is -0.814. The average Bonchev–Trinajstić information content (AvgIpc) is 2.89. The maximum Gasteiger partial charge on any atom is 0.307 e. The lowest BCUT2D eigenvalue weighted by molar-refractivity contribution is -0.136. The van der Waals surface area contributed by atoms with Crippen molar-refractivity contribution < 1.29 is 14.6 Å². The summed E-state index contributed by atoms with van der Waals surface area (Å²) >= 11 is 1.72. The molecule has 1 N–H and O–H groups in total. The molecule has 0 saturated heterocycles. The molecule has 0 amide bonds. The highest BCUT2D eigenvalue weighted by atomic mass is 32.1. The Kier molecular flexibility index (Phi) is 5.12. The number of thiophene rings is 1. The van der Waals surface area contributed by atoms with Gasteiger partial charge in [-0.05, 0) is 22.6 Å². The molecular formula is C15H16O3S. The summed E-state index contributed by atoms with van der Waals surface area (Å²) in [6.45, 7) is 1.12. The molecular weight excluding hydrogens is 260 g/mol. The Morgan fingerprint density at radius 3 is 2.63 bits per heavy atom. The van der Waals surface area contributed by atoms with Crippen LogP contribution >= 0.6 is 11.3 Å². The van der Waals surface area contributed by atoms with E-state index in [0.717, 1.165) is 17.5 Å².